The van der Waals surface area contributed by atoms with Gasteiger partial charge in [0.25, 0.3) is 0 Å². The summed E-state index contributed by atoms with van der Waals surface area (Å²) in [6.07, 6.45) is -0.512. The predicted octanol–water partition coefficient (Wildman–Crippen LogP) is 2.11. The number of aryl methyl sites for hydroxylation is 1. The molecule has 0 atom stereocenters. The summed E-state index contributed by atoms with van der Waals surface area (Å²) in [5.41, 5.74) is 6.59. The lowest BCUT2D eigenvalue weighted by molar-refractivity contribution is 0.0635. The van der Waals surface area contributed by atoms with Crippen molar-refractivity contribution in [1.82, 2.24) is 4.98 Å². The first kappa shape index (κ1) is 15.2. The van der Waals surface area contributed by atoms with Crippen LogP contribution in [0.3, 0.4) is 0 Å². The van der Waals surface area contributed by atoms with E-state index in [2.05, 4.69) is 15.6 Å². The fourth-order valence-electron chi connectivity index (χ4n) is 1.43. The number of anilines is 2. The van der Waals surface area contributed by atoms with Crippen molar-refractivity contribution in [3.8, 4) is 0 Å². The normalized spacial score (nSPS) is 11.0. The lowest BCUT2D eigenvalue weighted by Crippen LogP contribution is -2.27. The number of aromatic nitrogens is 1. The minimum absolute atomic E-state index is 0.463. The average Bonchev–Trinajstić information content (AvgIpc) is 2.25. The van der Waals surface area contributed by atoms with Crippen molar-refractivity contribution >= 4 is 17.6 Å². The summed E-state index contributed by atoms with van der Waals surface area (Å²) in [5, 5.41) is 5.75. The van der Waals surface area contributed by atoms with Gasteiger partial charge in [-0.2, -0.15) is 0 Å². The highest BCUT2D eigenvalue weighted by molar-refractivity contribution is 5.83. The molecule has 4 N–H and O–H groups in total. The lowest BCUT2D eigenvalue weighted by Gasteiger charge is -2.19. The Hall–Kier alpha value is -1.82. The van der Waals surface area contributed by atoms with Gasteiger partial charge >= 0.3 is 6.09 Å². The number of hydrogen-bond acceptors (Lipinski definition) is 5. The molecule has 6 heteroatoms. The molecule has 1 aromatic heterocycles. The predicted molar refractivity (Wildman–Crippen MR) is 76.4 cm³/mol. The van der Waals surface area contributed by atoms with Gasteiger partial charge < -0.3 is 15.8 Å². The first-order chi connectivity index (χ1) is 8.81. The fraction of sp³-hybridized carbons (Fsp3) is 0.538. The molecule has 0 unspecified atom stereocenters. The molecular weight excluding hydrogens is 244 g/mol. The quantitative estimate of drug-likeness (QED) is 0.776. The Kier molecular flexibility index (Phi) is 5.11. The Morgan fingerprint density at radius 2 is 2.11 bits per heavy atom. The first-order valence-corrected chi connectivity index (χ1v) is 6.23. The van der Waals surface area contributed by atoms with E-state index in [-0.39, 0.29) is 0 Å². The van der Waals surface area contributed by atoms with Gasteiger partial charge in [-0.1, -0.05) is 0 Å². The molecule has 1 heterocycles. The van der Waals surface area contributed by atoms with E-state index in [4.69, 9.17) is 10.5 Å². The maximum atomic E-state index is 11.6. The van der Waals surface area contributed by atoms with Gasteiger partial charge in [0.15, 0.2) is 0 Å². The van der Waals surface area contributed by atoms with Crippen molar-refractivity contribution < 1.29 is 9.53 Å². The monoisotopic (exact) mass is 266 g/mol. The number of rotatable bonds is 4. The summed E-state index contributed by atoms with van der Waals surface area (Å²) >= 11 is 0. The number of carbonyl (C=O) groups is 1. The van der Waals surface area contributed by atoms with Gasteiger partial charge in [-0.05, 0) is 39.8 Å². The molecule has 1 rings (SSSR count). The topological polar surface area (TPSA) is 89.3 Å². The van der Waals surface area contributed by atoms with Crippen LogP contribution < -0.4 is 16.4 Å². The van der Waals surface area contributed by atoms with E-state index >= 15 is 0 Å². The molecule has 0 aliphatic carbocycles. The van der Waals surface area contributed by atoms with Crippen molar-refractivity contribution in [2.45, 2.75) is 33.3 Å². The number of carbonyl (C=O) groups excluding carboxylic acids is 1. The molecular formula is C13H22N4O2. The highest BCUT2D eigenvalue weighted by Gasteiger charge is 2.16. The van der Waals surface area contributed by atoms with Crippen LogP contribution in [0.15, 0.2) is 12.1 Å². The van der Waals surface area contributed by atoms with Gasteiger partial charge in [0.2, 0.25) is 0 Å². The first-order valence-electron chi connectivity index (χ1n) is 6.23. The number of hydrogen-bond donors (Lipinski definition) is 3. The SMILES string of the molecule is Cc1nc(NC(=O)OC(C)(C)C)ccc1NCCN. The largest absolute Gasteiger partial charge is 0.444 e. The van der Waals surface area contributed by atoms with Gasteiger partial charge in [-0.3, -0.25) is 5.32 Å². The van der Waals surface area contributed by atoms with Crippen molar-refractivity contribution in [1.29, 1.82) is 0 Å². The Bertz CT molecular complexity index is 441. The van der Waals surface area contributed by atoms with E-state index in [1.807, 2.05) is 33.8 Å². The molecule has 1 amide bonds. The molecule has 0 saturated heterocycles. The van der Waals surface area contributed by atoms with Gasteiger partial charge in [0.05, 0.1) is 11.4 Å². The Morgan fingerprint density at radius 3 is 2.63 bits per heavy atom. The molecule has 106 valence electrons. The lowest BCUT2D eigenvalue weighted by atomic mass is 10.2. The minimum atomic E-state index is -0.526. The molecule has 19 heavy (non-hydrogen) atoms. The van der Waals surface area contributed by atoms with Crippen LogP contribution in [-0.4, -0.2) is 29.8 Å². The van der Waals surface area contributed by atoms with Crippen LogP contribution in [0, 0.1) is 6.92 Å². The molecule has 0 radical (unpaired) electrons. The van der Waals surface area contributed by atoms with Gasteiger partial charge in [-0.15, -0.1) is 0 Å². The standard InChI is InChI=1S/C13H22N4O2/c1-9-10(15-8-7-14)5-6-11(16-9)17-12(18)19-13(2,3)4/h5-6,15H,7-8,14H2,1-4H3,(H,16,17,18). The zero-order valence-electron chi connectivity index (χ0n) is 11.9. The smallest absolute Gasteiger partial charge is 0.413 e. The number of nitrogens with zero attached hydrogens (tertiary/aromatic N) is 1. The highest BCUT2D eigenvalue weighted by Crippen LogP contribution is 2.16. The fourth-order valence-corrected chi connectivity index (χ4v) is 1.43. The molecule has 1 aromatic rings. The van der Waals surface area contributed by atoms with Crippen molar-refractivity contribution in [3.05, 3.63) is 17.8 Å². The number of nitrogens with two attached hydrogens (primary N) is 1. The van der Waals surface area contributed by atoms with Crippen LogP contribution >= 0.6 is 0 Å². The molecule has 0 fully saturated rings. The summed E-state index contributed by atoms with van der Waals surface area (Å²) < 4.78 is 5.15. The van der Waals surface area contributed by atoms with E-state index in [0.29, 0.717) is 18.9 Å². The average molecular weight is 266 g/mol. The van der Waals surface area contributed by atoms with Crippen molar-refractivity contribution in [2.75, 3.05) is 23.7 Å². The summed E-state index contributed by atoms with van der Waals surface area (Å²) in [7, 11) is 0. The summed E-state index contributed by atoms with van der Waals surface area (Å²) in [6.45, 7) is 8.53. The summed E-state index contributed by atoms with van der Waals surface area (Å²) in [6, 6.07) is 3.57. The van der Waals surface area contributed by atoms with E-state index in [9.17, 15) is 4.79 Å². The van der Waals surface area contributed by atoms with Gasteiger partial charge in [0, 0.05) is 13.1 Å². The van der Waals surface area contributed by atoms with Crippen molar-refractivity contribution in [3.63, 3.8) is 0 Å². The second-order valence-corrected chi connectivity index (χ2v) is 5.17. The number of ether oxygens (including phenoxy) is 1. The molecule has 0 saturated carbocycles. The molecule has 0 spiro atoms. The zero-order chi connectivity index (χ0) is 14.5. The molecule has 0 aromatic carbocycles. The number of pyridine rings is 1. The Morgan fingerprint density at radius 1 is 1.42 bits per heavy atom. The van der Waals surface area contributed by atoms with E-state index < -0.39 is 11.7 Å². The summed E-state index contributed by atoms with van der Waals surface area (Å²) in [4.78, 5) is 15.9. The van der Waals surface area contributed by atoms with Crippen LogP contribution in [0.5, 0.6) is 0 Å². The van der Waals surface area contributed by atoms with Gasteiger partial charge in [-0.25, -0.2) is 9.78 Å². The van der Waals surface area contributed by atoms with Gasteiger partial charge in [0.1, 0.15) is 11.4 Å². The van der Waals surface area contributed by atoms with E-state index in [1.165, 1.54) is 0 Å². The zero-order valence-corrected chi connectivity index (χ0v) is 11.9. The summed E-state index contributed by atoms with van der Waals surface area (Å²) in [5.74, 6) is 0.463. The minimum Gasteiger partial charge on any atom is -0.444 e. The second kappa shape index (κ2) is 6.38. The third-order valence-corrected chi connectivity index (χ3v) is 2.17. The van der Waals surface area contributed by atoms with E-state index in [0.717, 1.165) is 11.4 Å². The maximum absolute atomic E-state index is 11.6. The highest BCUT2D eigenvalue weighted by atomic mass is 16.6. The van der Waals surface area contributed by atoms with Crippen LogP contribution in [0.1, 0.15) is 26.5 Å². The number of amides is 1. The molecule has 6 nitrogen and oxygen atoms in total. The van der Waals surface area contributed by atoms with Crippen LogP contribution in [0.4, 0.5) is 16.3 Å². The second-order valence-electron chi connectivity index (χ2n) is 5.17. The third-order valence-electron chi connectivity index (χ3n) is 2.17. The third kappa shape index (κ3) is 5.56. The number of nitrogens with one attached hydrogen (secondary N) is 2. The Labute approximate surface area is 113 Å². The molecule has 0 bridgehead atoms. The van der Waals surface area contributed by atoms with Crippen LogP contribution in [0.2, 0.25) is 0 Å². The van der Waals surface area contributed by atoms with Crippen LogP contribution in [-0.2, 0) is 4.74 Å². The molecule has 0 aliphatic heterocycles. The van der Waals surface area contributed by atoms with E-state index in [1.54, 1.807) is 6.07 Å². The van der Waals surface area contributed by atoms with Crippen LogP contribution in [0.25, 0.3) is 0 Å². The maximum Gasteiger partial charge on any atom is 0.413 e. The Balaban J connectivity index is 2.65. The molecule has 0 aliphatic rings. The van der Waals surface area contributed by atoms with Crippen molar-refractivity contribution in [2.24, 2.45) is 5.73 Å².